The fraction of sp³-hybridized carbons (Fsp3) is 0.522. The summed E-state index contributed by atoms with van der Waals surface area (Å²) < 4.78 is 47.2. The Morgan fingerprint density at radius 1 is 1.25 bits per heavy atom. The molecule has 3 atom stereocenters. The molecule has 1 aromatic heterocycles. The molecule has 3 rings (SSSR count). The summed E-state index contributed by atoms with van der Waals surface area (Å²) in [6, 6.07) is 4.63. The molecule has 1 aromatic carbocycles. The summed E-state index contributed by atoms with van der Waals surface area (Å²) in [5, 5.41) is 8.68. The fourth-order valence-corrected chi connectivity index (χ4v) is 3.76. The predicted molar refractivity (Wildman–Crippen MR) is 120 cm³/mol. The number of carbonyl (C=O) groups is 3. The first-order valence-electron chi connectivity index (χ1n) is 11.5. The van der Waals surface area contributed by atoms with Gasteiger partial charge in [0.1, 0.15) is 12.1 Å². The maximum atomic E-state index is 12.9. The molecular weight excluding hydrogens is 483 g/mol. The number of alkyl halides is 3. The van der Waals surface area contributed by atoms with Gasteiger partial charge in [-0.2, -0.15) is 18.2 Å². The highest BCUT2D eigenvalue weighted by Crippen LogP contribution is 2.29. The number of carbonyl (C=O) groups excluding carboxylic acids is 3. The SMILES string of the molecule is CCOC(=O)N1CC[C@H](C)C[C@@H]1C(=O)N[C@@H](C)C(=O)NCc1ccc(-c2noc(C(F)(F)F)n2)cc1. The van der Waals surface area contributed by atoms with Gasteiger partial charge >= 0.3 is 18.2 Å². The van der Waals surface area contributed by atoms with Crippen molar-refractivity contribution in [3.8, 4) is 11.4 Å². The number of amides is 3. The molecule has 2 aromatic rings. The van der Waals surface area contributed by atoms with E-state index in [1.807, 2.05) is 6.92 Å². The van der Waals surface area contributed by atoms with E-state index in [9.17, 15) is 27.6 Å². The summed E-state index contributed by atoms with van der Waals surface area (Å²) in [5.74, 6) is -2.26. The third kappa shape index (κ3) is 6.73. The topological polar surface area (TPSA) is 127 Å². The number of benzene rings is 1. The number of likely N-dealkylation sites (tertiary alicyclic amines) is 1. The lowest BCUT2D eigenvalue weighted by Crippen LogP contribution is -2.56. The first-order chi connectivity index (χ1) is 17.0. The van der Waals surface area contributed by atoms with Gasteiger partial charge in [-0.05, 0) is 38.2 Å². The summed E-state index contributed by atoms with van der Waals surface area (Å²) in [7, 11) is 0. The molecule has 0 unspecified atom stereocenters. The number of piperidine rings is 1. The normalized spacial score (nSPS) is 18.9. The van der Waals surface area contributed by atoms with Crippen molar-refractivity contribution in [2.75, 3.05) is 13.2 Å². The van der Waals surface area contributed by atoms with Crippen LogP contribution in [-0.4, -0.2) is 58.2 Å². The average Bonchev–Trinajstić information content (AvgIpc) is 3.34. The highest BCUT2D eigenvalue weighted by molar-refractivity contribution is 5.91. The van der Waals surface area contributed by atoms with E-state index in [0.717, 1.165) is 6.42 Å². The highest BCUT2D eigenvalue weighted by Gasteiger charge is 2.39. The number of ether oxygens (including phenoxy) is 1. The smallest absolute Gasteiger partial charge is 0.450 e. The van der Waals surface area contributed by atoms with Crippen LogP contribution in [-0.2, 0) is 27.0 Å². The van der Waals surface area contributed by atoms with E-state index >= 15 is 0 Å². The predicted octanol–water partition coefficient (Wildman–Crippen LogP) is 3.13. The summed E-state index contributed by atoms with van der Waals surface area (Å²) >= 11 is 0. The molecule has 13 heteroatoms. The number of hydrogen-bond acceptors (Lipinski definition) is 7. The lowest BCUT2D eigenvalue weighted by atomic mass is 9.92. The van der Waals surface area contributed by atoms with E-state index in [1.165, 1.54) is 24.0 Å². The number of nitrogens with one attached hydrogen (secondary N) is 2. The van der Waals surface area contributed by atoms with Gasteiger partial charge in [0.2, 0.25) is 17.6 Å². The largest absolute Gasteiger partial charge is 0.471 e. The van der Waals surface area contributed by atoms with Gasteiger partial charge in [0.05, 0.1) is 6.61 Å². The Kier molecular flexibility index (Phi) is 8.53. The van der Waals surface area contributed by atoms with Gasteiger partial charge in [0, 0.05) is 18.7 Å². The number of rotatable bonds is 7. The zero-order valence-corrected chi connectivity index (χ0v) is 20.1. The fourth-order valence-electron chi connectivity index (χ4n) is 3.76. The van der Waals surface area contributed by atoms with E-state index in [0.29, 0.717) is 24.1 Å². The Morgan fingerprint density at radius 3 is 2.56 bits per heavy atom. The second kappa shape index (κ2) is 11.4. The standard InChI is InChI=1S/C23H28F3N5O5/c1-4-35-22(34)31-10-9-13(2)11-17(31)20(33)28-14(3)19(32)27-12-15-5-7-16(8-6-15)18-29-21(36-30-18)23(24,25)26/h5-8,13-14,17H,4,9-12H2,1-3H3,(H,27,32)(H,28,33)/t13-,14-,17+/m0/s1. The number of aromatic nitrogens is 2. The first-order valence-corrected chi connectivity index (χ1v) is 11.5. The molecule has 1 aliphatic heterocycles. The minimum absolute atomic E-state index is 0.120. The maximum absolute atomic E-state index is 12.9. The minimum Gasteiger partial charge on any atom is -0.450 e. The van der Waals surface area contributed by atoms with Gasteiger partial charge in [0.25, 0.3) is 0 Å². The van der Waals surface area contributed by atoms with Crippen molar-refractivity contribution < 1.29 is 36.8 Å². The van der Waals surface area contributed by atoms with Crippen LogP contribution < -0.4 is 10.6 Å². The van der Waals surface area contributed by atoms with E-state index < -0.39 is 42.1 Å². The van der Waals surface area contributed by atoms with Crippen LogP contribution in [0.15, 0.2) is 28.8 Å². The van der Waals surface area contributed by atoms with Crippen LogP contribution in [0, 0.1) is 5.92 Å². The molecule has 3 amide bonds. The molecule has 0 saturated carbocycles. The summed E-state index contributed by atoms with van der Waals surface area (Å²) in [4.78, 5) is 42.4. The van der Waals surface area contributed by atoms with Crippen molar-refractivity contribution in [3.05, 3.63) is 35.7 Å². The van der Waals surface area contributed by atoms with Gasteiger partial charge < -0.3 is 19.9 Å². The van der Waals surface area contributed by atoms with Crippen LogP contribution in [0.3, 0.4) is 0 Å². The van der Waals surface area contributed by atoms with E-state index in [2.05, 4.69) is 25.3 Å². The van der Waals surface area contributed by atoms with Gasteiger partial charge in [0.15, 0.2) is 0 Å². The maximum Gasteiger partial charge on any atom is 0.471 e. The molecule has 1 fully saturated rings. The van der Waals surface area contributed by atoms with Gasteiger partial charge in [-0.25, -0.2) is 4.79 Å². The number of hydrogen-bond donors (Lipinski definition) is 2. The molecule has 196 valence electrons. The quantitative estimate of drug-likeness (QED) is 0.585. The van der Waals surface area contributed by atoms with E-state index in [1.54, 1.807) is 19.1 Å². The molecule has 0 spiro atoms. The molecule has 1 saturated heterocycles. The Balaban J connectivity index is 1.53. The Hall–Kier alpha value is -3.64. The Labute approximate surface area is 205 Å². The number of nitrogens with zero attached hydrogens (tertiary/aromatic N) is 3. The molecule has 0 bridgehead atoms. The van der Waals surface area contributed by atoms with E-state index in [4.69, 9.17) is 4.74 Å². The molecule has 1 aliphatic rings. The van der Waals surface area contributed by atoms with Crippen molar-refractivity contribution in [2.24, 2.45) is 5.92 Å². The molecule has 0 radical (unpaired) electrons. The molecule has 0 aliphatic carbocycles. The molecular formula is C23H28F3N5O5. The average molecular weight is 512 g/mol. The lowest BCUT2D eigenvalue weighted by molar-refractivity contribution is -0.159. The van der Waals surface area contributed by atoms with Gasteiger partial charge in [-0.1, -0.05) is 36.3 Å². The van der Waals surface area contributed by atoms with Crippen LogP contribution in [0.4, 0.5) is 18.0 Å². The first kappa shape index (κ1) is 27.0. The monoisotopic (exact) mass is 511 g/mol. The Morgan fingerprint density at radius 2 is 1.94 bits per heavy atom. The van der Waals surface area contributed by atoms with Crippen LogP contribution in [0.5, 0.6) is 0 Å². The van der Waals surface area contributed by atoms with Crippen molar-refractivity contribution in [1.82, 2.24) is 25.7 Å². The van der Waals surface area contributed by atoms with Crippen molar-refractivity contribution in [2.45, 2.75) is 58.4 Å². The third-order valence-corrected chi connectivity index (χ3v) is 5.77. The van der Waals surface area contributed by atoms with Crippen molar-refractivity contribution >= 4 is 17.9 Å². The van der Waals surface area contributed by atoms with Crippen LogP contribution in [0.1, 0.15) is 45.1 Å². The summed E-state index contributed by atoms with van der Waals surface area (Å²) in [5.41, 5.74) is 0.984. The highest BCUT2D eigenvalue weighted by atomic mass is 19.4. The second-order valence-corrected chi connectivity index (χ2v) is 8.60. The van der Waals surface area contributed by atoms with Crippen molar-refractivity contribution in [3.63, 3.8) is 0 Å². The lowest BCUT2D eigenvalue weighted by Gasteiger charge is -2.37. The Bertz CT molecular complexity index is 1070. The van der Waals surface area contributed by atoms with Crippen molar-refractivity contribution in [1.29, 1.82) is 0 Å². The molecule has 2 N–H and O–H groups in total. The molecule has 2 heterocycles. The van der Waals surface area contributed by atoms with Gasteiger partial charge in [-0.15, -0.1) is 0 Å². The van der Waals surface area contributed by atoms with Crippen LogP contribution in [0.25, 0.3) is 11.4 Å². The zero-order chi connectivity index (χ0) is 26.5. The summed E-state index contributed by atoms with van der Waals surface area (Å²) in [6.07, 6.45) is -4.06. The molecule has 36 heavy (non-hydrogen) atoms. The third-order valence-electron chi connectivity index (χ3n) is 5.77. The number of halogens is 3. The second-order valence-electron chi connectivity index (χ2n) is 8.60. The minimum atomic E-state index is -4.73. The van der Waals surface area contributed by atoms with Crippen LogP contribution >= 0.6 is 0 Å². The van der Waals surface area contributed by atoms with E-state index in [-0.39, 0.29) is 24.9 Å². The van der Waals surface area contributed by atoms with Gasteiger partial charge in [-0.3, -0.25) is 14.5 Å². The molecule has 10 nitrogen and oxygen atoms in total. The van der Waals surface area contributed by atoms with Crippen LogP contribution in [0.2, 0.25) is 0 Å². The summed E-state index contributed by atoms with van der Waals surface area (Å²) in [6.45, 7) is 5.94. The zero-order valence-electron chi connectivity index (χ0n) is 20.1.